The molecule has 0 spiro atoms. The van der Waals surface area contributed by atoms with E-state index in [0.29, 0.717) is 18.4 Å². The average molecular weight is 378 g/mol. The van der Waals surface area contributed by atoms with Crippen LogP contribution in [0.25, 0.3) is 21.8 Å². The summed E-state index contributed by atoms with van der Waals surface area (Å²) in [5.74, 6) is 0.518. The first-order valence-electron chi connectivity index (χ1n) is 10.5. The lowest BCUT2D eigenvalue weighted by atomic mass is 9.84. The Morgan fingerprint density at radius 1 is 1.18 bits per heavy atom. The molecule has 4 rings (SSSR count). The molecule has 1 heterocycles. The van der Waals surface area contributed by atoms with Gasteiger partial charge in [0.15, 0.2) is 0 Å². The molecule has 1 saturated carbocycles. The first kappa shape index (κ1) is 19.0. The number of carbonyl (C=O) groups excluding carboxylic acids is 1. The zero-order chi connectivity index (χ0) is 19.8. The summed E-state index contributed by atoms with van der Waals surface area (Å²) >= 11 is 0. The van der Waals surface area contributed by atoms with Gasteiger partial charge < -0.3 is 15.6 Å². The van der Waals surface area contributed by atoms with Gasteiger partial charge >= 0.3 is 0 Å². The number of benzene rings is 2. The van der Waals surface area contributed by atoms with Gasteiger partial charge in [-0.1, -0.05) is 24.6 Å². The summed E-state index contributed by atoms with van der Waals surface area (Å²) in [6.07, 6.45) is 4.87. The number of rotatable bonds is 4. The lowest BCUT2D eigenvalue weighted by Gasteiger charge is -2.26. The standard InChI is InChI=1S/C24H31N3O/c1-15(2)27-21-10-5-4-9-19(21)24-16(3)20(11-12-22(24)27)26-23(28)14-17-7-6-8-18(25)13-17/h4-5,9-12,15,17-18H,6-8,13-14,25H2,1-3H3,(H,26,28). The van der Waals surface area contributed by atoms with Crippen LogP contribution in [0, 0.1) is 12.8 Å². The number of aromatic nitrogens is 1. The Bertz CT molecular complexity index is 1020. The van der Waals surface area contributed by atoms with Crippen molar-refractivity contribution < 1.29 is 4.79 Å². The minimum absolute atomic E-state index is 0.106. The predicted octanol–water partition coefficient (Wildman–Crippen LogP) is 5.53. The van der Waals surface area contributed by atoms with E-state index in [1.807, 2.05) is 0 Å². The third-order valence-corrected chi connectivity index (χ3v) is 6.22. The molecule has 0 saturated heterocycles. The van der Waals surface area contributed by atoms with Crippen molar-refractivity contribution in [2.75, 3.05) is 5.32 Å². The topological polar surface area (TPSA) is 60.1 Å². The molecule has 148 valence electrons. The third kappa shape index (κ3) is 3.42. The molecule has 1 fully saturated rings. The molecule has 0 bridgehead atoms. The molecule has 1 amide bonds. The van der Waals surface area contributed by atoms with E-state index in [2.05, 4.69) is 67.1 Å². The minimum atomic E-state index is 0.106. The van der Waals surface area contributed by atoms with E-state index in [4.69, 9.17) is 5.73 Å². The summed E-state index contributed by atoms with van der Waals surface area (Å²) in [6, 6.07) is 13.4. The summed E-state index contributed by atoms with van der Waals surface area (Å²) < 4.78 is 2.38. The highest BCUT2D eigenvalue weighted by Gasteiger charge is 2.22. The summed E-state index contributed by atoms with van der Waals surface area (Å²) in [7, 11) is 0. The molecule has 28 heavy (non-hydrogen) atoms. The Morgan fingerprint density at radius 2 is 1.96 bits per heavy atom. The van der Waals surface area contributed by atoms with Crippen LogP contribution in [0.5, 0.6) is 0 Å². The zero-order valence-corrected chi connectivity index (χ0v) is 17.2. The van der Waals surface area contributed by atoms with Crippen molar-refractivity contribution in [1.29, 1.82) is 0 Å². The van der Waals surface area contributed by atoms with E-state index in [9.17, 15) is 4.79 Å². The second-order valence-corrected chi connectivity index (χ2v) is 8.66. The number of carbonyl (C=O) groups is 1. The minimum Gasteiger partial charge on any atom is -0.338 e. The van der Waals surface area contributed by atoms with E-state index >= 15 is 0 Å². The van der Waals surface area contributed by atoms with Crippen LogP contribution in [-0.4, -0.2) is 16.5 Å². The summed E-state index contributed by atoms with van der Waals surface area (Å²) in [5, 5.41) is 5.66. The average Bonchev–Trinajstić information content (AvgIpc) is 2.99. The number of hydrogen-bond donors (Lipinski definition) is 2. The molecule has 3 N–H and O–H groups in total. The maximum atomic E-state index is 12.7. The van der Waals surface area contributed by atoms with Crippen LogP contribution in [0.2, 0.25) is 0 Å². The molecular formula is C24H31N3O. The number of para-hydroxylation sites is 1. The second-order valence-electron chi connectivity index (χ2n) is 8.66. The number of nitrogens with one attached hydrogen (secondary N) is 1. The third-order valence-electron chi connectivity index (χ3n) is 6.22. The lowest BCUT2D eigenvalue weighted by molar-refractivity contribution is -0.117. The van der Waals surface area contributed by atoms with Crippen LogP contribution in [0.4, 0.5) is 5.69 Å². The van der Waals surface area contributed by atoms with Crippen LogP contribution in [0.1, 0.15) is 57.6 Å². The molecule has 1 aliphatic rings. The maximum Gasteiger partial charge on any atom is 0.224 e. The van der Waals surface area contributed by atoms with Crippen molar-refractivity contribution in [2.24, 2.45) is 11.7 Å². The number of nitrogens with zero attached hydrogens (tertiary/aromatic N) is 1. The van der Waals surface area contributed by atoms with Gasteiger partial charge in [-0.3, -0.25) is 4.79 Å². The van der Waals surface area contributed by atoms with Gasteiger partial charge in [0.2, 0.25) is 5.91 Å². The molecule has 1 aliphatic carbocycles. The van der Waals surface area contributed by atoms with E-state index < -0.39 is 0 Å². The summed E-state index contributed by atoms with van der Waals surface area (Å²) in [5.41, 5.74) is 10.6. The van der Waals surface area contributed by atoms with E-state index in [-0.39, 0.29) is 11.9 Å². The number of anilines is 1. The molecule has 2 aromatic carbocycles. The van der Waals surface area contributed by atoms with Gasteiger partial charge in [0.1, 0.15) is 0 Å². The largest absolute Gasteiger partial charge is 0.338 e. The van der Waals surface area contributed by atoms with Gasteiger partial charge in [-0.15, -0.1) is 0 Å². The van der Waals surface area contributed by atoms with Crippen molar-refractivity contribution in [3.63, 3.8) is 0 Å². The maximum absolute atomic E-state index is 12.7. The van der Waals surface area contributed by atoms with E-state index in [0.717, 1.165) is 36.9 Å². The summed E-state index contributed by atoms with van der Waals surface area (Å²) in [6.45, 7) is 6.54. The van der Waals surface area contributed by atoms with Gasteiger partial charge in [0.05, 0.1) is 0 Å². The number of fused-ring (bicyclic) bond motifs is 3. The quantitative estimate of drug-likeness (QED) is 0.628. The molecule has 0 aliphatic heterocycles. The monoisotopic (exact) mass is 377 g/mol. The first-order chi connectivity index (χ1) is 13.5. The molecule has 1 aromatic heterocycles. The smallest absolute Gasteiger partial charge is 0.224 e. The molecule has 0 radical (unpaired) electrons. The van der Waals surface area contributed by atoms with Crippen molar-refractivity contribution in [3.05, 3.63) is 42.0 Å². The number of aryl methyl sites for hydroxylation is 1. The van der Waals surface area contributed by atoms with Crippen molar-refractivity contribution in [3.8, 4) is 0 Å². The van der Waals surface area contributed by atoms with Gasteiger partial charge in [0.25, 0.3) is 0 Å². The first-order valence-corrected chi connectivity index (χ1v) is 10.5. The predicted molar refractivity (Wildman–Crippen MR) is 118 cm³/mol. The van der Waals surface area contributed by atoms with Crippen LogP contribution < -0.4 is 11.1 Å². The molecule has 4 heteroatoms. The van der Waals surface area contributed by atoms with Crippen LogP contribution in [0.3, 0.4) is 0 Å². The Labute approximate surface area is 167 Å². The Hall–Kier alpha value is -2.33. The van der Waals surface area contributed by atoms with Gasteiger partial charge in [-0.05, 0) is 69.7 Å². The van der Waals surface area contributed by atoms with E-state index in [1.54, 1.807) is 0 Å². The normalized spacial score (nSPS) is 20.2. The number of amides is 1. The Kier molecular flexibility index (Phi) is 5.15. The molecule has 2 atom stereocenters. The van der Waals surface area contributed by atoms with Gasteiger partial charge in [-0.25, -0.2) is 0 Å². The highest BCUT2D eigenvalue weighted by atomic mass is 16.1. The summed E-state index contributed by atoms with van der Waals surface area (Å²) in [4.78, 5) is 12.7. The second kappa shape index (κ2) is 7.59. The highest BCUT2D eigenvalue weighted by molar-refractivity contribution is 6.12. The zero-order valence-electron chi connectivity index (χ0n) is 17.2. The van der Waals surface area contributed by atoms with Crippen LogP contribution in [0.15, 0.2) is 36.4 Å². The lowest BCUT2D eigenvalue weighted by Crippen LogP contribution is -2.30. The molecule has 2 unspecified atom stereocenters. The van der Waals surface area contributed by atoms with Crippen molar-refractivity contribution in [1.82, 2.24) is 4.57 Å². The van der Waals surface area contributed by atoms with Crippen LogP contribution in [-0.2, 0) is 4.79 Å². The molecule has 3 aromatic rings. The van der Waals surface area contributed by atoms with Gasteiger partial charge in [0, 0.05) is 46.0 Å². The van der Waals surface area contributed by atoms with Crippen LogP contribution >= 0.6 is 0 Å². The molecular weight excluding hydrogens is 346 g/mol. The fourth-order valence-electron chi connectivity index (χ4n) is 4.94. The van der Waals surface area contributed by atoms with Crippen molar-refractivity contribution in [2.45, 2.75) is 65.0 Å². The van der Waals surface area contributed by atoms with Crippen molar-refractivity contribution >= 4 is 33.4 Å². The molecule has 4 nitrogen and oxygen atoms in total. The fourth-order valence-corrected chi connectivity index (χ4v) is 4.94. The van der Waals surface area contributed by atoms with Gasteiger partial charge in [-0.2, -0.15) is 0 Å². The highest BCUT2D eigenvalue weighted by Crippen LogP contribution is 2.36. The Morgan fingerprint density at radius 3 is 2.71 bits per heavy atom. The number of hydrogen-bond acceptors (Lipinski definition) is 2. The SMILES string of the molecule is Cc1c(NC(=O)CC2CCCC(N)C2)ccc2c1c1ccccc1n2C(C)C. The van der Waals surface area contributed by atoms with E-state index in [1.165, 1.54) is 21.8 Å². The Balaban J connectivity index is 1.66. The fraction of sp³-hybridized carbons (Fsp3) is 0.458. The number of nitrogens with two attached hydrogens (primary N) is 1.